The first-order valence-corrected chi connectivity index (χ1v) is 8.98. The fourth-order valence-corrected chi connectivity index (χ4v) is 3.30. The maximum absolute atomic E-state index is 12.7. The van der Waals surface area contributed by atoms with Gasteiger partial charge in [0.25, 0.3) is 0 Å². The molecule has 0 aliphatic rings. The molecule has 1 unspecified atom stereocenters. The standard InChI is InChI=1S/C20H19BrN4O/c21-18-3-1-2-17(12-18)20(19(22)26,13-15-4-8-23-9-5-15)25-14-16-6-10-24-11-7-16/h1-12,25H,13-14H2,(H2,22,26). The normalized spacial score (nSPS) is 13.1. The summed E-state index contributed by atoms with van der Waals surface area (Å²) in [6, 6.07) is 15.3. The third-order valence-electron chi connectivity index (χ3n) is 4.30. The van der Waals surface area contributed by atoms with Gasteiger partial charge in [-0.3, -0.25) is 20.1 Å². The Morgan fingerprint density at radius 1 is 1.00 bits per heavy atom. The van der Waals surface area contributed by atoms with E-state index < -0.39 is 11.4 Å². The van der Waals surface area contributed by atoms with Crippen molar-refractivity contribution in [1.82, 2.24) is 15.3 Å². The molecule has 0 spiro atoms. The van der Waals surface area contributed by atoms with Gasteiger partial charge in [-0.15, -0.1) is 0 Å². The number of amides is 1. The van der Waals surface area contributed by atoms with Crippen molar-refractivity contribution in [2.24, 2.45) is 5.73 Å². The highest BCUT2D eigenvalue weighted by atomic mass is 79.9. The summed E-state index contributed by atoms with van der Waals surface area (Å²) in [4.78, 5) is 20.8. The van der Waals surface area contributed by atoms with Crippen molar-refractivity contribution in [3.8, 4) is 0 Å². The average Bonchev–Trinajstić information content (AvgIpc) is 2.66. The van der Waals surface area contributed by atoms with E-state index in [0.29, 0.717) is 13.0 Å². The van der Waals surface area contributed by atoms with Crippen molar-refractivity contribution in [1.29, 1.82) is 0 Å². The van der Waals surface area contributed by atoms with Crippen LogP contribution in [-0.4, -0.2) is 15.9 Å². The van der Waals surface area contributed by atoms with Gasteiger partial charge in [0.05, 0.1) is 0 Å². The Morgan fingerprint density at radius 3 is 2.19 bits per heavy atom. The maximum Gasteiger partial charge on any atom is 0.242 e. The van der Waals surface area contributed by atoms with Crippen LogP contribution in [0.2, 0.25) is 0 Å². The van der Waals surface area contributed by atoms with E-state index in [1.807, 2.05) is 48.5 Å². The Morgan fingerprint density at radius 2 is 1.62 bits per heavy atom. The van der Waals surface area contributed by atoms with E-state index in [4.69, 9.17) is 5.73 Å². The molecule has 1 amide bonds. The van der Waals surface area contributed by atoms with E-state index in [0.717, 1.165) is 21.2 Å². The van der Waals surface area contributed by atoms with Crippen LogP contribution in [-0.2, 0) is 23.3 Å². The van der Waals surface area contributed by atoms with Crippen LogP contribution in [0, 0.1) is 0 Å². The molecule has 26 heavy (non-hydrogen) atoms. The highest BCUT2D eigenvalue weighted by Crippen LogP contribution is 2.28. The lowest BCUT2D eigenvalue weighted by atomic mass is 9.83. The number of nitrogens with zero attached hydrogens (tertiary/aromatic N) is 2. The Labute approximate surface area is 160 Å². The second-order valence-corrected chi connectivity index (χ2v) is 6.94. The Hall–Kier alpha value is -2.57. The van der Waals surface area contributed by atoms with Gasteiger partial charge in [-0.05, 0) is 53.1 Å². The largest absolute Gasteiger partial charge is 0.368 e. The van der Waals surface area contributed by atoms with E-state index in [2.05, 4.69) is 31.2 Å². The number of pyridine rings is 2. The first kappa shape index (κ1) is 18.2. The fourth-order valence-electron chi connectivity index (χ4n) is 2.90. The Bertz CT molecular complexity index is 873. The SMILES string of the molecule is NC(=O)C(Cc1ccncc1)(NCc1ccncc1)c1cccc(Br)c1. The molecule has 0 fully saturated rings. The van der Waals surface area contributed by atoms with Crippen molar-refractivity contribution in [3.63, 3.8) is 0 Å². The molecule has 3 rings (SSSR count). The monoisotopic (exact) mass is 410 g/mol. The first-order valence-electron chi connectivity index (χ1n) is 8.19. The number of hydrogen-bond donors (Lipinski definition) is 2. The Balaban J connectivity index is 2.01. The number of carbonyl (C=O) groups is 1. The molecule has 6 heteroatoms. The molecule has 0 bridgehead atoms. The summed E-state index contributed by atoms with van der Waals surface area (Å²) in [5.74, 6) is -0.429. The zero-order valence-corrected chi connectivity index (χ0v) is 15.7. The van der Waals surface area contributed by atoms with E-state index >= 15 is 0 Å². The highest BCUT2D eigenvalue weighted by Gasteiger charge is 2.38. The number of nitrogens with two attached hydrogens (primary N) is 1. The van der Waals surface area contributed by atoms with Crippen molar-refractivity contribution < 1.29 is 4.79 Å². The van der Waals surface area contributed by atoms with Gasteiger partial charge in [0.15, 0.2) is 0 Å². The van der Waals surface area contributed by atoms with Gasteiger partial charge in [-0.25, -0.2) is 0 Å². The number of carbonyl (C=O) groups excluding carboxylic acids is 1. The lowest BCUT2D eigenvalue weighted by molar-refractivity contribution is -0.125. The van der Waals surface area contributed by atoms with Gasteiger partial charge < -0.3 is 5.73 Å². The summed E-state index contributed by atoms with van der Waals surface area (Å²) in [5.41, 5.74) is 7.68. The molecule has 2 heterocycles. The zero-order valence-electron chi connectivity index (χ0n) is 14.1. The van der Waals surface area contributed by atoms with E-state index in [1.165, 1.54) is 0 Å². The van der Waals surface area contributed by atoms with Crippen molar-refractivity contribution in [2.75, 3.05) is 0 Å². The number of nitrogens with one attached hydrogen (secondary N) is 1. The van der Waals surface area contributed by atoms with Crippen LogP contribution in [0.25, 0.3) is 0 Å². The van der Waals surface area contributed by atoms with Gasteiger partial charge in [0.1, 0.15) is 5.54 Å². The third kappa shape index (κ3) is 4.15. The van der Waals surface area contributed by atoms with Crippen LogP contribution < -0.4 is 11.1 Å². The fraction of sp³-hybridized carbons (Fsp3) is 0.150. The summed E-state index contributed by atoms with van der Waals surface area (Å²) in [7, 11) is 0. The first-order chi connectivity index (χ1) is 12.6. The van der Waals surface area contributed by atoms with Crippen molar-refractivity contribution >= 4 is 21.8 Å². The minimum absolute atomic E-state index is 0.423. The predicted octanol–water partition coefficient (Wildman–Crippen LogP) is 2.95. The molecule has 3 aromatic rings. The quantitative estimate of drug-likeness (QED) is 0.627. The van der Waals surface area contributed by atoms with Gasteiger partial charge in [-0.2, -0.15) is 0 Å². The molecule has 132 valence electrons. The van der Waals surface area contributed by atoms with Crippen LogP contribution in [0.15, 0.2) is 77.8 Å². The smallest absolute Gasteiger partial charge is 0.242 e. The zero-order chi connectivity index (χ0) is 18.4. The minimum Gasteiger partial charge on any atom is -0.368 e. The van der Waals surface area contributed by atoms with Gasteiger partial charge >= 0.3 is 0 Å². The molecule has 2 aromatic heterocycles. The lowest BCUT2D eigenvalue weighted by Gasteiger charge is -2.33. The number of halogens is 1. The topological polar surface area (TPSA) is 80.9 Å². The predicted molar refractivity (Wildman–Crippen MR) is 104 cm³/mol. The van der Waals surface area contributed by atoms with Gasteiger partial charge in [0.2, 0.25) is 5.91 Å². The van der Waals surface area contributed by atoms with Crippen LogP contribution in [0.1, 0.15) is 16.7 Å². The molecular formula is C20H19BrN4O. The van der Waals surface area contributed by atoms with E-state index in [-0.39, 0.29) is 0 Å². The molecule has 0 saturated carbocycles. The molecule has 0 aliphatic carbocycles. The number of rotatable bonds is 7. The van der Waals surface area contributed by atoms with Crippen molar-refractivity contribution in [3.05, 3.63) is 94.5 Å². The number of hydrogen-bond acceptors (Lipinski definition) is 4. The molecular weight excluding hydrogens is 392 g/mol. The van der Waals surface area contributed by atoms with Crippen LogP contribution >= 0.6 is 15.9 Å². The van der Waals surface area contributed by atoms with Gasteiger partial charge in [0, 0.05) is 42.2 Å². The maximum atomic E-state index is 12.7. The third-order valence-corrected chi connectivity index (χ3v) is 4.79. The summed E-state index contributed by atoms with van der Waals surface area (Å²) in [6.07, 6.45) is 7.30. The number of primary amides is 1. The Kier molecular flexibility index (Phi) is 5.75. The molecule has 3 N–H and O–H groups in total. The minimum atomic E-state index is -1.05. The van der Waals surface area contributed by atoms with Crippen LogP contribution in [0.3, 0.4) is 0 Å². The molecule has 1 aromatic carbocycles. The molecule has 0 aliphatic heterocycles. The second kappa shape index (κ2) is 8.21. The summed E-state index contributed by atoms with van der Waals surface area (Å²) in [5, 5.41) is 3.40. The molecule has 5 nitrogen and oxygen atoms in total. The number of aromatic nitrogens is 2. The highest BCUT2D eigenvalue weighted by molar-refractivity contribution is 9.10. The van der Waals surface area contributed by atoms with Crippen LogP contribution in [0.4, 0.5) is 0 Å². The number of benzene rings is 1. The van der Waals surface area contributed by atoms with Gasteiger partial charge in [-0.1, -0.05) is 28.1 Å². The lowest BCUT2D eigenvalue weighted by Crippen LogP contribution is -2.54. The summed E-state index contributed by atoms with van der Waals surface area (Å²) >= 11 is 3.49. The summed E-state index contributed by atoms with van der Waals surface area (Å²) < 4.78 is 0.890. The van der Waals surface area contributed by atoms with E-state index in [1.54, 1.807) is 24.8 Å². The summed E-state index contributed by atoms with van der Waals surface area (Å²) in [6.45, 7) is 0.489. The molecule has 1 atom stereocenters. The second-order valence-electron chi connectivity index (χ2n) is 6.02. The van der Waals surface area contributed by atoms with E-state index in [9.17, 15) is 4.79 Å². The molecule has 0 saturated heterocycles. The molecule has 0 radical (unpaired) electrons. The average molecular weight is 411 g/mol. The van der Waals surface area contributed by atoms with Crippen LogP contribution in [0.5, 0.6) is 0 Å². The van der Waals surface area contributed by atoms with Crippen molar-refractivity contribution in [2.45, 2.75) is 18.5 Å².